The topological polar surface area (TPSA) is 58.6 Å². The Morgan fingerprint density at radius 2 is 2.12 bits per heavy atom. The van der Waals surface area contributed by atoms with Gasteiger partial charge in [-0.15, -0.1) is 0 Å². The average molecular weight is 229 g/mol. The zero-order chi connectivity index (χ0) is 12.4. The summed E-state index contributed by atoms with van der Waals surface area (Å²) >= 11 is 0. The van der Waals surface area contributed by atoms with Crippen molar-refractivity contribution in [3.05, 3.63) is 46.3 Å². The van der Waals surface area contributed by atoms with E-state index in [4.69, 9.17) is 0 Å². The number of aromatic nitrogens is 3. The third-order valence-corrected chi connectivity index (χ3v) is 2.62. The standard InChI is InChI=1S/C13H15N3O/c1-8(2)13-15-11(6-12(17)16-13)10-7-14-5-4-9(10)3/h4-8H,1-3H3,(H,15,16,17). The first-order valence-electron chi connectivity index (χ1n) is 5.60. The Kier molecular flexibility index (Phi) is 3.04. The monoisotopic (exact) mass is 229 g/mol. The lowest BCUT2D eigenvalue weighted by Crippen LogP contribution is -2.12. The van der Waals surface area contributed by atoms with Gasteiger partial charge in [0.2, 0.25) is 0 Å². The van der Waals surface area contributed by atoms with E-state index in [0.29, 0.717) is 11.5 Å². The predicted molar refractivity (Wildman–Crippen MR) is 66.9 cm³/mol. The van der Waals surface area contributed by atoms with Gasteiger partial charge in [0.1, 0.15) is 5.82 Å². The van der Waals surface area contributed by atoms with Crippen LogP contribution in [0.3, 0.4) is 0 Å². The van der Waals surface area contributed by atoms with Crippen LogP contribution in [0.1, 0.15) is 31.2 Å². The van der Waals surface area contributed by atoms with Crippen LogP contribution >= 0.6 is 0 Å². The second-order valence-corrected chi connectivity index (χ2v) is 4.36. The molecule has 0 bridgehead atoms. The molecule has 0 aliphatic rings. The highest BCUT2D eigenvalue weighted by Gasteiger charge is 2.08. The van der Waals surface area contributed by atoms with Gasteiger partial charge in [-0.1, -0.05) is 13.8 Å². The fourth-order valence-corrected chi connectivity index (χ4v) is 1.62. The molecule has 0 saturated carbocycles. The van der Waals surface area contributed by atoms with Crippen molar-refractivity contribution < 1.29 is 0 Å². The third kappa shape index (κ3) is 2.41. The van der Waals surface area contributed by atoms with Crippen molar-refractivity contribution in [1.29, 1.82) is 0 Å². The molecule has 0 atom stereocenters. The van der Waals surface area contributed by atoms with E-state index in [1.807, 2.05) is 26.8 Å². The van der Waals surface area contributed by atoms with Gasteiger partial charge in [0.15, 0.2) is 0 Å². The van der Waals surface area contributed by atoms with Crippen molar-refractivity contribution in [3.8, 4) is 11.3 Å². The molecule has 0 fully saturated rings. The molecule has 0 saturated heterocycles. The molecule has 0 unspecified atom stereocenters. The highest BCUT2D eigenvalue weighted by molar-refractivity contribution is 5.61. The largest absolute Gasteiger partial charge is 0.310 e. The molecule has 0 spiro atoms. The van der Waals surface area contributed by atoms with Crippen molar-refractivity contribution >= 4 is 0 Å². The summed E-state index contributed by atoms with van der Waals surface area (Å²) in [6.07, 6.45) is 3.47. The van der Waals surface area contributed by atoms with Crippen LogP contribution in [0.2, 0.25) is 0 Å². The Bertz CT molecular complexity index is 587. The highest BCUT2D eigenvalue weighted by atomic mass is 16.1. The number of hydrogen-bond donors (Lipinski definition) is 1. The molecular formula is C13H15N3O. The summed E-state index contributed by atoms with van der Waals surface area (Å²) in [5.74, 6) is 0.899. The summed E-state index contributed by atoms with van der Waals surface area (Å²) in [5, 5.41) is 0. The van der Waals surface area contributed by atoms with Gasteiger partial charge in [0.05, 0.1) is 5.69 Å². The number of nitrogens with one attached hydrogen (secondary N) is 1. The average Bonchev–Trinajstić information content (AvgIpc) is 2.28. The van der Waals surface area contributed by atoms with Gasteiger partial charge in [-0.3, -0.25) is 9.78 Å². The summed E-state index contributed by atoms with van der Waals surface area (Å²) in [5.41, 5.74) is 2.53. The number of aromatic amines is 1. The number of pyridine rings is 1. The molecule has 2 heterocycles. The molecule has 0 aromatic carbocycles. The predicted octanol–water partition coefficient (Wildman–Crippen LogP) is 2.26. The first-order chi connectivity index (χ1) is 8.08. The Morgan fingerprint density at radius 3 is 2.76 bits per heavy atom. The summed E-state index contributed by atoms with van der Waals surface area (Å²) in [7, 11) is 0. The molecule has 0 radical (unpaired) electrons. The zero-order valence-corrected chi connectivity index (χ0v) is 10.2. The summed E-state index contributed by atoms with van der Waals surface area (Å²) in [4.78, 5) is 22.9. The highest BCUT2D eigenvalue weighted by Crippen LogP contribution is 2.19. The van der Waals surface area contributed by atoms with Crippen molar-refractivity contribution in [2.75, 3.05) is 0 Å². The normalized spacial score (nSPS) is 10.8. The lowest BCUT2D eigenvalue weighted by atomic mass is 10.1. The molecule has 1 N–H and O–H groups in total. The Balaban J connectivity index is 2.60. The van der Waals surface area contributed by atoms with E-state index in [-0.39, 0.29) is 11.5 Å². The SMILES string of the molecule is Cc1ccncc1-c1cc(=O)[nH]c(C(C)C)n1. The van der Waals surface area contributed by atoms with Crippen LogP contribution in [0.25, 0.3) is 11.3 Å². The number of H-pyrrole nitrogens is 1. The maximum Gasteiger partial charge on any atom is 0.251 e. The molecule has 2 aromatic heterocycles. The van der Waals surface area contributed by atoms with E-state index in [1.165, 1.54) is 6.07 Å². The van der Waals surface area contributed by atoms with Crippen LogP contribution in [0.4, 0.5) is 0 Å². The third-order valence-electron chi connectivity index (χ3n) is 2.62. The van der Waals surface area contributed by atoms with E-state index >= 15 is 0 Å². The van der Waals surface area contributed by atoms with Crippen LogP contribution in [0.5, 0.6) is 0 Å². The second-order valence-electron chi connectivity index (χ2n) is 4.36. The maximum absolute atomic E-state index is 11.6. The maximum atomic E-state index is 11.6. The number of hydrogen-bond acceptors (Lipinski definition) is 3. The van der Waals surface area contributed by atoms with Gasteiger partial charge in [-0.2, -0.15) is 0 Å². The number of rotatable bonds is 2. The van der Waals surface area contributed by atoms with Gasteiger partial charge >= 0.3 is 0 Å². The van der Waals surface area contributed by atoms with Gasteiger partial charge < -0.3 is 4.98 Å². The fraction of sp³-hybridized carbons (Fsp3) is 0.308. The van der Waals surface area contributed by atoms with Crippen molar-refractivity contribution in [3.63, 3.8) is 0 Å². The molecule has 88 valence electrons. The molecule has 17 heavy (non-hydrogen) atoms. The van der Waals surface area contributed by atoms with E-state index in [9.17, 15) is 4.79 Å². The van der Waals surface area contributed by atoms with E-state index in [1.54, 1.807) is 12.4 Å². The second kappa shape index (κ2) is 4.49. The molecule has 2 aromatic rings. The minimum Gasteiger partial charge on any atom is -0.310 e. The zero-order valence-electron chi connectivity index (χ0n) is 10.2. The van der Waals surface area contributed by atoms with E-state index < -0.39 is 0 Å². The lowest BCUT2D eigenvalue weighted by Gasteiger charge is -2.08. The fourth-order valence-electron chi connectivity index (χ4n) is 1.62. The molecular weight excluding hydrogens is 214 g/mol. The lowest BCUT2D eigenvalue weighted by molar-refractivity contribution is 0.768. The van der Waals surface area contributed by atoms with Gasteiger partial charge in [-0.25, -0.2) is 4.98 Å². The van der Waals surface area contributed by atoms with Gasteiger partial charge in [0, 0.05) is 29.9 Å². The number of nitrogens with zero attached hydrogens (tertiary/aromatic N) is 2. The minimum atomic E-state index is -0.123. The number of aryl methyl sites for hydroxylation is 1. The first-order valence-corrected chi connectivity index (χ1v) is 5.60. The van der Waals surface area contributed by atoms with Crippen LogP contribution in [-0.2, 0) is 0 Å². The van der Waals surface area contributed by atoms with Crippen LogP contribution < -0.4 is 5.56 Å². The van der Waals surface area contributed by atoms with Crippen molar-refractivity contribution in [2.45, 2.75) is 26.7 Å². The smallest absolute Gasteiger partial charge is 0.251 e. The van der Waals surface area contributed by atoms with E-state index in [2.05, 4.69) is 15.0 Å². The molecule has 4 nitrogen and oxygen atoms in total. The summed E-state index contributed by atoms with van der Waals surface area (Å²) in [6.45, 7) is 5.98. The molecule has 4 heteroatoms. The van der Waals surface area contributed by atoms with Crippen molar-refractivity contribution in [1.82, 2.24) is 15.0 Å². The molecule has 0 aliphatic heterocycles. The summed E-state index contributed by atoms with van der Waals surface area (Å²) in [6, 6.07) is 3.42. The van der Waals surface area contributed by atoms with Gasteiger partial charge in [0.25, 0.3) is 5.56 Å². The van der Waals surface area contributed by atoms with Gasteiger partial charge in [-0.05, 0) is 18.6 Å². The van der Waals surface area contributed by atoms with Crippen LogP contribution in [0, 0.1) is 6.92 Å². The Morgan fingerprint density at radius 1 is 1.35 bits per heavy atom. The quantitative estimate of drug-likeness (QED) is 0.859. The Hall–Kier alpha value is -1.97. The van der Waals surface area contributed by atoms with Crippen LogP contribution in [-0.4, -0.2) is 15.0 Å². The van der Waals surface area contributed by atoms with E-state index in [0.717, 1.165) is 11.1 Å². The first kappa shape index (κ1) is 11.5. The minimum absolute atomic E-state index is 0.123. The Labute approximate surface area is 99.8 Å². The van der Waals surface area contributed by atoms with Crippen LogP contribution in [0.15, 0.2) is 29.3 Å². The molecule has 0 aliphatic carbocycles. The molecule has 0 amide bonds. The summed E-state index contributed by atoms with van der Waals surface area (Å²) < 4.78 is 0. The van der Waals surface area contributed by atoms with Crippen molar-refractivity contribution in [2.24, 2.45) is 0 Å². The molecule has 2 rings (SSSR count).